The van der Waals surface area contributed by atoms with Crippen LogP contribution in [-0.2, 0) is 23.0 Å². The van der Waals surface area contributed by atoms with Crippen LogP contribution in [0.3, 0.4) is 0 Å². The van der Waals surface area contributed by atoms with Crippen molar-refractivity contribution < 1.29 is 13.2 Å². The first kappa shape index (κ1) is 20.3. The van der Waals surface area contributed by atoms with E-state index in [0.717, 1.165) is 27.0 Å². The molecule has 3 aromatic rings. The van der Waals surface area contributed by atoms with Crippen molar-refractivity contribution in [2.75, 3.05) is 4.90 Å². The van der Waals surface area contributed by atoms with Crippen LogP contribution in [0.1, 0.15) is 28.4 Å². The average Bonchev–Trinajstić information content (AvgIpc) is 3.29. The fraction of sp³-hybridized carbons (Fsp3) is 0.190. The molecular weight excluding hydrogens is 472 g/mol. The molecule has 0 bridgehead atoms. The molecule has 0 fully saturated rings. The molecule has 0 unspecified atom stereocenters. The summed E-state index contributed by atoms with van der Waals surface area (Å²) in [6.07, 6.45) is 0.781. The second-order valence-electron chi connectivity index (χ2n) is 6.94. The molecule has 2 heterocycles. The van der Waals surface area contributed by atoms with Gasteiger partial charge in [-0.25, -0.2) is 13.1 Å². The zero-order valence-electron chi connectivity index (χ0n) is 15.6. The van der Waals surface area contributed by atoms with Crippen LogP contribution in [0.4, 0.5) is 5.69 Å². The van der Waals surface area contributed by atoms with E-state index >= 15 is 0 Å². The number of thiophene rings is 1. The number of hydrogen-bond donors (Lipinski definition) is 1. The molecule has 1 atom stereocenters. The van der Waals surface area contributed by atoms with Crippen molar-refractivity contribution >= 4 is 48.9 Å². The Kier molecular flexibility index (Phi) is 5.61. The highest BCUT2D eigenvalue weighted by molar-refractivity contribution is 9.11. The lowest BCUT2D eigenvalue weighted by Crippen LogP contribution is -2.35. The molecular formula is C21H19BrN2O3S2. The van der Waals surface area contributed by atoms with Gasteiger partial charge in [-0.2, -0.15) is 0 Å². The molecule has 0 saturated heterocycles. The lowest BCUT2D eigenvalue weighted by Gasteiger charge is -2.23. The normalized spacial score (nSPS) is 16.1. The number of amides is 1. The van der Waals surface area contributed by atoms with E-state index < -0.39 is 10.0 Å². The minimum absolute atomic E-state index is 0.0435. The van der Waals surface area contributed by atoms with Gasteiger partial charge in [-0.15, -0.1) is 11.3 Å². The van der Waals surface area contributed by atoms with Gasteiger partial charge in [-0.3, -0.25) is 4.79 Å². The van der Waals surface area contributed by atoms with Gasteiger partial charge in [-0.1, -0.05) is 30.3 Å². The van der Waals surface area contributed by atoms with Crippen LogP contribution in [0.25, 0.3) is 0 Å². The second-order valence-corrected chi connectivity index (χ2v) is 11.4. The molecule has 8 heteroatoms. The molecule has 0 saturated carbocycles. The topological polar surface area (TPSA) is 66.5 Å². The zero-order chi connectivity index (χ0) is 20.6. The molecule has 1 aromatic heterocycles. The van der Waals surface area contributed by atoms with Crippen LogP contribution in [0.2, 0.25) is 0 Å². The van der Waals surface area contributed by atoms with E-state index in [2.05, 4.69) is 20.7 Å². The van der Waals surface area contributed by atoms with Crippen molar-refractivity contribution in [3.8, 4) is 0 Å². The standard InChI is InChI=1S/C21H19BrN2O3S2/c1-14-11-17-8-7-15(13-23-29(26,27)20-10-9-19(22)28-20)12-18(17)24(14)21(25)16-5-3-2-4-6-16/h2-10,12,14,23H,11,13H2,1H3/t14-/m1/s1. The minimum atomic E-state index is -3.58. The number of nitrogens with zero attached hydrogens (tertiary/aromatic N) is 1. The Bertz CT molecular complexity index is 1160. The molecule has 5 nitrogen and oxygen atoms in total. The molecule has 0 radical (unpaired) electrons. The van der Waals surface area contributed by atoms with E-state index in [1.807, 2.05) is 55.5 Å². The van der Waals surface area contributed by atoms with E-state index in [0.29, 0.717) is 5.56 Å². The van der Waals surface area contributed by atoms with E-state index in [1.54, 1.807) is 17.0 Å². The quantitative estimate of drug-likeness (QED) is 0.568. The molecule has 29 heavy (non-hydrogen) atoms. The first-order valence-corrected chi connectivity index (χ1v) is 12.2. The van der Waals surface area contributed by atoms with E-state index in [-0.39, 0.29) is 22.7 Å². The summed E-state index contributed by atoms with van der Waals surface area (Å²) in [4.78, 5) is 14.9. The number of halogens is 1. The fourth-order valence-corrected chi connectivity index (χ4v) is 6.56. The van der Waals surface area contributed by atoms with E-state index in [9.17, 15) is 13.2 Å². The SMILES string of the molecule is C[C@@H]1Cc2ccc(CNS(=O)(=O)c3ccc(Br)s3)cc2N1C(=O)c1ccccc1. The number of fused-ring (bicyclic) bond motifs is 1. The largest absolute Gasteiger partial charge is 0.305 e. The third kappa shape index (κ3) is 4.16. The average molecular weight is 491 g/mol. The van der Waals surface area contributed by atoms with Gasteiger partial charge in [0.15, 0.2) is 0 Å². The second kappa shape index (κ2) is 8.02. The predicted octanol–water partition coefficient (Wildman–Crippen LogP) is 4.58. The summed E-state index contributed by atoms with van der Waals surface area (Å²) in [6, 6.07) is 18.3. The number of rotatable bonds is 5. The van der Waals surface area contributed by atoms with Crippen LogP contribution in [-0.4, -0.2) is 20.4 Å². The van der Waals surface area contributed by atoms with Gasteiger partial charge in [0, 0.05) is 23.8 Å². The number of carbonyl (C=O) groups is 1. The van der Waals surface area contributed by atoms with Crippen molar-refractivity contribution in [2.45, 2.75) is 30.1 Å². The Labute approximate surface area is 182 Å². The lowest BCUT2D eigenvalue weighted by molar-refractivity contribution is 0.0981. The molecule has 0 aliphatic carbocycles. The van der Waals surface area contributed by atoms with Crippen molar-refractivity contribution in [3.05, 3.63) is 81.1 Å². The van der Waals surface area contributed by atoms with Gasteiger partial charge < -0.3 is 4.90 Å². The number of hydrogen-bond acceptors (Lipinski definition) is 4. The molecule has 1 aliphatic rings. The van der Waals surface area contributed by atoms with Crippen LogP contribution < -0.4 is 9.62 Å². The smallest absolute Gasteiger partial charge is 0.258 e. The summed E-state index contributed by atoms with van der Waals surface area (Å²) in [5.41, 5.74) is 3.39. The number of anilines is 1. The third-order valence-electron chi connectivity index (χ3n) is 4.88. The highest BCUT2D eigenvalue weighted by Gasteiger charge is 2.31. The molecule has 4 rings (SSSR count). The summed E-state index contributed by atoms with van der Waals surface area (Å²) in [5.74, 6) is -0.0435. The van der Waals surface area contributed by atoms with Crippen LogP contribution >= 0.6 is 27.3 Å². The molecule has 150 valence electrons. The van der Waals surface area contributed by atoms with Gasteiger partial charge in [0.05, 0.1) is 3.79 Å². The van der Waals surface area contributed by atoms with Gasteiger partial charge in [-0.05, 0) is 70.7 Å². The number of benzene rings is 2. The van der Waals surface area contributed by atoms with Crippen molar-refractivity contribution in [2.24, 2.45) is 0 Å². The summed E-state index contributed by atoms with van der Waals surface area (Å²) in [5, 5.41) is 0. The maximum absolute atomic E-state index is 13.0. The molecule has 1 amide bonds. The van der Waals surface area contributed by atoms with Crippen LogP contribution in [0.5, 0.6) is 0 Å². The molecule has 1 aliphatic heterocycles. The van der Waals surface area contributed by atoms with Gasteiger partial charge in [0.25, 0.3) is 5.91 Å². The summed E-state index contributed by atoms with van der Waals surface area (Å²) in [7, 11) is -3.58. The summed E-state index contributed by atoms with van der Waals surface area (Å²) >= 11 is 4.45. The Morgan fingerprint density at radius 3 is 2.62 bits per heavy atom. The first-order chi connectivity index (χ1) is 13.8. The Balaban J connectivity index is 1.57. The van der Waals surface area contributed by atoms with Crippen molar-refractivity contribution in [1.29, 1.82) is 0 Å². The Morgan fingerprint density at radius 1 is 1.17 bits per heavy atom. The maximum Gasteiger partial charge on any atom is 0.258 e. The molecule has 2 aromatic carbocycles. The number of sulfonamides is 1. The molecule has 0 spiro atoms. The van der Waals surface area contributed by atoms with E-state index in [4.69, 9.17) is 0 Å². The van der Waals surface area contributed by atoms with Crippen LogP contribution in [0, 0.1) is 0 Å². The highest BCUT2D eigenvalue weighted by atomic mass is 79.9. The van der Waals surface area contributed by atoms with Crippen LogP contribution in [0.15, 0.2) is 68.7 Å². The highest BCUT2D eigenvalue weighted by Crippen LogP contribution is 2.34. The summed E-state index contributed by atoms with van der Waals surface area (Å²) in [6.45, 7) is 2.19. The third-order valence-corrected chi connectivity index (χ3v) is 8.40. The minimum Gasteiger partial charge on any atom is -0.305 e. The van der Waals surface area contributed by atoms with E-state index in [1.165, 1.54) is 11.3 Å². The Morgan fingerprint density at radius 2 is 1.93 bits per heavy atom. The zero-order valence-corrected chi connectivity index (χ0v) is 18.9. The summed E-state index contributed by atoms with van der Waals surface area (Å²) < 4.78 is 28.6. The predicted molar refractivity (Wildman–Crippen MR) is 119 cm³/mol. The van der Waals surface area contributed by atoms with Crippen molar-refractivity contribution in [3.63, 3.8) is 0 Å². The van der Waals surface area contributed by atoms with Gasteiger partial charge in [0.1, 0.15) is 4.21 Å². The number of carbonyl (C=O) groups excluding carboxylic acids is 1. The van der Waals surface area contributed by atoms with Crippen molar-refractivity contribution in [1.82, 2.24) is 4.72 Å². The monoisotopic (exact) mass is 490 g/mol. The molecule has 1 N–H and O–H groups in total. The first-order valence-electron chi connectivity index (χ1n) is 9.10. The van der Waals surface area contributed by atoms with Gasteiger partial charge >= 0.3 is 0 Å². The van der Waals surface area contributed by atoms with Gasteiger partial charge in [0.2, 0.25) is 10.0 Å². The maximum atomic E-state index is 13.0. The Hall–Kier alpha value is -2.00. The number of nitrogens with one attached hydrogen (secondary N) is 1. The fourth-order valence-electron chi connectivity index (χ4n) is 3.48. The lowest BCUT2D eigenvalue weighted by atomic mass is 10.1.